The molecule has 130 valence electrons. The summed E-state index contributed by atoms with van der Waals surface area (Å²) >= 11 is 0. The minimum Gasteiger partial charge on any atom is -0.478 e. The van der Waals surface area contributed by atoms with Crippen LogP contribution in [0.5, 0.6) is 5.75 Å². The van der Waals surface area contributed by atoms with Gasteiger partial charge in [-0.3, -0.25) is 14.3 Å². The monoisotopic (exact) mass is 340 g/mol. The van der Waals surface area contributed by atoms with E-state index in [4.69, 9.17) is 4.74 Å². The maximum Gasteiger partial charge on any atom is 0.265 e. The maximum atomic E-state index is 13.2. The molecule has 2 atom stereocenters. The van der Waals surface area contributed by atoms with Crippen molar-refractivity contribution in [3.05, 3.63) is 41.7 Å². The van der Waals surface area contributed by atoms with Crippen LogP contribution >= 0.6 is 0 Å². The molecule has 4 rings (SSSR count). The van der Waals surface area contributed by atoms with Crippen molar-refractivity contribution < 1.29 is 14.3 Å². The summed E-state index contributed by atoms with van der Waals surface area (Å²) in [5, 5.41) is 7.02. The van der Waals surface area contributed by atoms with E-state index in [2.05, 4.69) is 10.4 Å². The van der Waals surface area contributed by atoms with Gasteiger partial charge in [-0.2, -0.15) is 5.10 Å². The largest absolute Gasteiger partial charge is 0.478 e. The molecule has 2 aromatic rings. The molecule has 2 unspecified atom stereocenters. The first-order valence-electron chi connectivity index (χ1n) is 8.44. The highest BCUT2D eigenvalue weighted by Crippen LogP contribution is 2.38. The van der Waals surface area contributed by atoms with Gasteiger partial charge in [-0.05, 0) is 31.9 Å². The number of benzene rings is 1. The standard InChI is InChI=1S/C18H20N4O3/c1-11-17(23)20-14-6-3-5-13(16(14)25-11)18(24)22-8-4-7-15(22)12-9-19-21(2)10-12/h3,5-6,9-11,15H,4,7-8H2,1-2H3,(H,20,23). The van der Waals surface area contributed by atoms with Gasteiger partial charge in [0.2, 0.25) is 0 Å². The third-order valence-corrected chi connectivity index (χ3v) is 4.79. The number of carbonyl (C=O) groups is 2. The molecular weight excluding hydrogens is 320 g/mol. The Morgan fingerprint density at radius 2 is 2.24 bits per heavy atom. The van der Waals surface area contributed by atoms with Crippen LogP contribution in [-0.2, 0) is 11.8 Å². The van der Waals surface area contributed by atoms with Gasteiger partial charge in [0.1, 0.15) is 0 Å². The van der Waals surface area contributed by atoms with Crippen molar-refractivity contribution in [2.75, 3.05) is 11.9 Å². The fourth-order valence-electron chi connectivity index (χ4n) is 3.52. The number of anilines is 1. The van der Waals surface area contributed by atoms with Gasteiger partial charge in [-0.15, -0.1) is 0 Å². The first kappa shape index (κ1) is 15.7. The lowest BCUT2D eigenvalue weighted by molar-refractivity contribution is -0.122. The van der Waals surface area contributed by atoms with Gasteiger partial charge in [0.15, 0.2) is 11.9 Å². The number of aryl methyl sites for hydroxylation is 1. The number of nitrogens with one attached hydrogen (secondary N) is 1. The van der Waals surface area contributed by atoms with Crippen LogP contribution in [0.2, 0.25) is 0 Å². The molecule has 1 fully saturated rings. The van der Waals surface area contributed by atoms with Crippen molar-refractivity contribution in [2.24, 2.45) is 7.05 Å². The zero-order valence-electron chi connectivity index (χ0n) is 14.2. The number of carbonyl (C=O) groups excluding carboxylic acids is 2. The van der Waals surface area contributed by atoms with Crippen LogP contribution in [0.3, 0.4) is 0 Å². The van der Waals surface area contributed by atoms with Gasteiger partial charge >= 0.3 is 0 Å². The molecule has 7 heteroatoms. The second kappa shape index (κ2) is 5.91. The number of likely N-dealkylation sites (tertiary alicyclic amines) is 1. The molecule has 2 aliphatic heterocycles. The summed E-state index contributed by atoms with van der Waals surface area (Å²) in [6, 6.07) is 5.29. The number of fused-ring (bicyclic) bond motifs is 1. The second-order valence-corrected chi connectivity index (χ2v) is 6.54. The Balaban J connectivity index is 1.67. The smallest absolute Gasteiger partial charge is 0.265 e. The Kier molecular flexibility index (Phi) is 3.71. The fraction of sp³-hybridized carbons (Fsp3) is 0.389. The first-order chi connectivity index (χ1) is 12.0. The zero-order chi connectivity index (χ0) is 17.6. The van der Waals surface area contributed by atoms with Crippen LogP contribution in [-0.4, -0.2) is 39.1 Å². The quantitative estimate of drug-likeness (QED) is 0.908. The van der Waals surface area contributed by atoms with Crippen LogP contribution < -0.4 is 10.1 Å². The van der Waals surface area contributed by atoms with E-state index in [1.165, 1.54) is 0 Å². The first-order valence-corrected chi connectivity index (χ1v) is 8.44. The Morgan fingerprint density at radius 3 is 3.00 bits per heavy atom. The van der Waals surface area contributed by atoms with E-state index in [0.29, 0.717) is 23.5 Å². The van der Waals surface area contributed by atoms with E-state index in [9.17, 15) is 9.59 Å². The molecule has 7 nitrogen and oxygen atoms in total. The highest BCUT2D eigenvalue weighted by atomic mass is 16.5. The summed E-state index contributed by atoms with van der Waals surface area (Å²) in [5.74, 6) is 0.175. The van der Waals surface area contributed by atoms with Gasteiger partial charge in [0, 0.05) is 25.4 Å². The molecule has 0 radical (unpaired) electrons. The third kappa shape index (κ3) is 2.65. The molecule has 1 saturated heterocycles. The number of aromatic nitrogens is 2. The number of para-hydroxylation sites is 1. The minimum atomic E-state index is -0.617. The number of ether oxygens (including phenoxy) is 1. The average molecular weight is 340 g/mol. The van der Waals surface area contributed by atoms with Gasteiger partial charge in [0.25, 0.3) is 11.8 Å². The van der Waals surface area contributed by atoms with Crippen molar-refractivity contribution in [1.82, 2.24) is 14.7 Å². The fourth-order valence-corrected chi connectivity index (χ4v) is 3.52. The summed E-state index contributed by atoms with van der Waals surface area (Å²) in [4.78, 5) is 26.9. The number of nitrogens with zero attached hydrogens (tertiary/aromatic N) is 3. The molecule has 25 heavy (non-hydrogen) atoms. The molecule has 1 aromatic carbocycles. The van der Waals surface area contributed by atoms with Crippen LogP contribution in [0.25, 0.3) is 0 Å². The minimum absolute atomic E-state index is 0.0210. The molecule has 0 saturated carbocycles. The Hall–Kier alpha value is -2.83. The Morgan fingerprint density at radius 1 is 1.40 bits per heavy atom. The molecule has 1 N–H and O–H groups in total. The van der Waals surface area contributed by atoms with Crippen LogP contribution in [0, 0.1) is 0 Å². The number of hydrogen-bond acceptors (Lipinski definition) is 4. The molecule has 1 aromatic heterocycles. The third-order valence-electron chi connectivity index (χ3n) is 4.79. The van der Waals surface area contributed by atoms with Crippen molar-refractivity contribution >= 4 is 17.5 Å². The molecule has 3 heterocycles. The van der Waals surface area contributed by atoms with Crippen molar-refractivity contribution in [3.8, 4) is 5.75 Å². The lowest BCUT2D eigenvalue weighted by Gasteiger charge is -2.28. The molecule has 2 amide bonds. The molecule has 0 aliphatic carbocycles. The second-order valence-electron chi connectivity index (χ2n) is 6.54. The van der Waals surface area contributed by atoms with Crippen molar-refractivity contribution in [3.63, 3.8) is 0 Å². The maximum absolute atomic E-state index is 13.2. The van der Waals surface area contributed by atoms with Crippen molar-refractivity contribution in [1.29, 1.82) is 0 Å². The summed E-state index contributed by atoms with van der Waals surface area (Å²) in [6.07, 6.45) is 5.02. The van der Waals surface area contributed by atoms with E-state index in [-0.39, 0.29) is 17.9 Å². The van der Waals surface area contributed by atoms with E-state index < -0.39 is 6.10 Å². The van der Waals surface area contributed by atoms with Gasteiger partial charge < -0.3 is 15.0 Å². The van der Waals surface area contributed by atoms with Gasteiger partial charge in [-0.1, -0.05) is 6.07 Å². The summed E-state index contributed by atoms with van der Waals surface area (Å²) in [6.45, 7) is 2.37. The van der Waals surface area contributed by atoms with E-state index >= 15 is 0 Å². The van der Waals surface area contributed by atoms with Crippen LogP contribution in [0.1, 0.15) is 41.7 Å². The van der Waals surface area contributed by atoms with Crippen molar-refractivity contribution in [2.45, 2.75) is 31.9 Å². The Labute approximate surface area is 145 Å². The van der Waals surface area contributed by atoms with Gasteiger partial charge in [-0.25, -0.2) is 0 Å². The number of rotatable bonds is 2. The molecule has 2 aliphatic rings. The highest BCUT2D eigenvalue weighted by Gasteiger charge is 2.35. The SMILES string of the molecule is CC1Oc2c(cccc2C(=O)N2CCCC2c2cnn(C)c2)NC1=O. The van der Waals surface area contributed by atoms with Gasteiger partial charge in [0.05, 0.1) is 23.5 Å². The highest BCUT2D eigenvalue weighted by molar-refractivity contribution is 6.04. The van der Waals surface area contributed by atoms with E-state index in [1.54, 1.807) is 29.8 Å². The summed E-state index contributed by atoms with van der Waals surface area (Å²) < 4.78 is 7.48. The lowest BCUT2D eigenvalue weighted by Crippen LogP contribution is -2.36. The summed E-state index contributed by atoms with van der Waals surface area (Å²) in [5.41, 5.74) is 2.08. The number of hydrogen-bond donors (Lipinski definition) is 1. The predicted octanol–water partition coefficient (Wildman–Crippen LogP) is 2.12. The normalized spacial score (nSPS) is 22.3. The number of amides is 2. The average Bonchev–Trinajstić information content (AvgIpc) is 3.23. The topological polar surface area (TPSA) is 76.5 Å². The Bertz CT molecular complexity index is 845. The molecular formula is C18H20N4O3. The zero-order valence-corrected chi connectivity index (χ0v) is 14.2. The predicted molar refractivity (Wildman–Crippen MR) is 91.4 cm³/mol. The van der Waals surface area contributed by atoms with Crippen LogP contribution in [0.15, 0.2) is 30.6 Å². The molecule has 0 bridgehead atoms. The van der Waals surface area contributed by atoms with Crippen LogP contribution in [0.4, 0.5) is 5.69 Å². The summed E-state index contributed by atoms with van der Waals surface area (Å²) in [7, 11) is 1.87. The van der Waals surface area contributed by atoms with E-state index in [0.717, 1.165) is 18.4 Å². The molecule has 0 spiro atoms. The van der Waals surface area contributed by atoms with E-state index in [1.807, 2.05) is 24.3 Å². The lowest BCUT2D eigenvalue weighted by atomic mass is 10.1.